The van der Waals surface area contributed by atoms with Crippen LogP contribution in [0.2, 0.25) is 0 Å². The molecule has 0 saturated heterocycles. The van der Waals surface area contributed by atoms with Crippen LogP contribution in [0.5, 0.6) is 0 Å². The molecule has 82 valence electrons. The van der Waals surface area contributed by atoms with Crippen LogP contribution in [-0.4, -0.2) is 10.9 Å². The van der Waals surface area contributed by atoms with E-state index in [1.807, 2.05) is 0 Å². The van der Waals surface area contributed by atoms with E-state index in [0.29, 0.717) is 5.76 Å². The summed E-state index contributed by atoms with van der Waals surface area (Å²) in [6, 6.07) is 6.32. The second-order valence-electron chi connectivity index (χ2n) is 3.10. The number of rotatable bonds is 3. The quantitative estimate of drug-likeness (QED) is 0.801. The van der Waals surface area contributed by atoms with Gasteiger partial charge in [-0.15, -0.1) is 0 Å². The molecule has 0 aliphatic rings. The molecule has 0 spiro atoms. The van der Waals surface area contributed by atoms with Crippen LogP contribution in [0.1, 0.15) is 16.1 Å². The zero-order valence-electron chi connectivity index (χ0n) is 8.31. The summed E-state index contributed by atoms with van der Waals surface area (Å²) >= 11 is 0. The highest BCUT2D eigenvalue weighted by Gasteiger charge is 2.11. The van der Waals surface area contributed by atoms with E-state index < -0.39 is 11.9 Å². The van der Waals surface area contributed by atoms with E-state index in [1.54, 1.807) is 12.1 Å². The predicted molar refractivity (Wildman–Crippen MR) is 54.1 cm³/mol. The van der Waals surface area contributed by atoms with Crippen LogP contribution in [0.15, 0.2) is 41.1 Å². The zero-order chi connectivity index (χ0) is 11.4. The molecule has 0 aliphatic heterocycles. The van der Waals surface area contributed by atoms with Gasteiger partial charge in [-0.05, 0) is 24.3 Å². The van der Waals surface area contributed by atoms with Crippen LogP contribution in [0, 0.1) is 5.95 Å². The first kappa shape index (κ1) is 10.4. The highest BCUT2D eigenvalue weighted by atomic mass is 19.1. The van der Waals surface area contributed by atoms with Crippen LogP contribution < -0.4 is 5.32 Å². The Labute approximate surface area is 91.1 Å². The number of hydrogen-bond donors (Lipinski definition) is 1. The molecule has 1 N–H and O–H groups in total. The summed E-state index contributed by atoms with van der Waals surface area (Å²) in [4.78, 5) is 14.9. The molecule has 16 heavy (non-hydrogen) atoms. The number of nitrogens with zero attached hydrogens (tertiary/aromatic N) is 1. The predicted octanol–water partition coefficient (Wildman–Crippen LogP) is 1.74. The van der Waals surface area contributed by atoms with Crippen molar-refractivity contribution in [1.29, 1.82) is 0 Å². The minimum atomic E-state index is -0.778. The lowest BCUT2D eigenvalue weighted by atomic mass is 10.2. The molecule has 0 aliphatic carbocycles. The van der Waals surface area contributed by atoms with E-state index >= 15 is 0 Å². The maximum absolute atomic E-state index is 13.1. The Morgan fingerprint density at radius 2 is 2.31 bits per heavy atom. The SMILES string of the molecule is O=C(NCc1ccco1)c1cccnc1F. The van der Waals surface area contributed by atoms with Gasteiger partial charge in [-0.1, -0.05) is 0 Å². The summed E-state index contributed by atoms with van der Waals surface area (Å²) < 4.78 is 18.1. The van der Waals surface area contributed by atoms with Gasteiger partial charge in [0.15, 0.2) is 0 Å². The standard InChI is InChI=1S/C11H9FN2O2/c12-10-9(4-1-5-13-10)11(15)14-7-8-3-2-6-16-8/h1-6H,7H2,(H,14,15). The number of furan rings is 1. The third-order valence-electron chi connectivity index (χ3n) is 2.01. The Kier molecular flexibility index (Phi) is 2.95. The van der Waals surface area contributed by atoms with Crippen molar-refractivity contribution in [2.45, 2.75) is 6.54 Å². The summed E-state index contributed by atoms with van der Waals surface area (Å²) in [5.74, 6) is -0.681. The van der Waals surface area contributed by atoms with Gasteiger partial charge in [-0.2, -0.15) is 4.39 Å². The number of hydrogen-bond acceptors (Lipinski definition) is 3. The van der Waals surface area contributed by atoms with Crippen molar-refractivity contribution >= 4 is 5.91 Å². The lowest BCUT2D eigenvalue weighted by Crippen LogP contribution is -2.23. The van der Waals surface area contributed by atoms with Crippen molar-refractivity contribution in [3.05, 3.63) is 54.0 Å². The first-order chi connectivity index (χ1) is 7.77. The zero-order valence-corrected chi connectivity index (χ0v) is 8.31. The first-order valence-corrected chi connectivity index (χ1v) is 4.68. The molecule has 1 amide bonds. The van der Waals surface area contributed by atoms with Crippen molar-refractivity contribution in [2.75, 3.05) is 0 Å². The van der Waals surface area contributed by atoms with Crippen molar-refractivity contribution in [2.24, 2.45) is 0 Å². The van der Waals surface area contributed by atoms with E-state index in [2.05, 4.69) is 10.3 Å². The fourth-order valence-electron chi connectivity index (χ4n) is 1.23. The summed E-state index contributed by atoms with van der Waals surface area (Å²) in [6.45, 7) is 0.222. The Balaban J connectivity index is 2.01. The second-order valence-corrected chi connectivity index (χ2v) is 3.10. The number of pyridine rings is 1. The van der Waals surface area contributed by atoms with Crippen LogP contribution in [0.25, 0.3) is 0 Å². The molecular weight excluding hydrogens is 211 g/mol. The van der Waals surface area contributed by atoms with Gasteiger partial charge >= 0.3 is 0 Å². The van der Waals surface area contributed by atoms with Crippen LogP contribution in [0.4, 0.5) is 4.39 Å². The molecule has 4 nitrogen and oxygen atoms in total. The Hall–Kier alpha value is -2.17. The number of nitrogens with one attached hydrogen (secondary N) is 1. The van der Waals surface area contributed by atoms with Crippen molar-refractivity contribution in [3.8, 4) is 0 Å². The average Bonchev–Trinajstić information content (AvgIpc) is 2.79. The molecule has 2 aromatic heterocycles. The van der Waals surface area contributed by atoms with E-state index in [-0.39, 0.29) is 12.1 Å². The van der Waals surface area contributed by atoms with Crippen LogP contribution in [0.3, 0.4) is 0 Å². The van der Waals surface area contributed by atoms with Crippen LogP contribution in [-0.2, 0) is 6.54 Å². The summed E-state index contributed by atoms with van der Waals surface area (Å²) in [5, 5.41) is 2.53. The summed E-state index contributed by atoms with van der Waals surface area (Å²) in [6.07, 6.45) is 2.80. The lowest BCUT2D eigenvalue weighted by Gasteiger charge is -2.03. The van der Waals surface area contributed by atoms with Gasteiger partial charge in [-0.3, -0.25) is 4.79 Å². The number of amides is 1. The van der Waals surface area contributed by atoms with Crippen LogP contribution >= 0.6 is 0 Å². The van der Waals surface area contributed by atoms with Gasteiger partial charge in [0.05, 0.1) is 18.4 Å². The molecule has 2 rings (SSSR count). The number of carbonyl (C=O) groups excluding carboxylic acids is 1. The maximum atomic E-state index is 13.1. The number of aromatic nitrogens is 1. The van der Waals surface area contributed by atoms with E-state index in [1.165, 1.54) is 24.6 Å². The molecule has 5 heteroatoms. The molecule has 0 fully saturated rings. The highest BCUT2D eigenvalue weighted by molar-refractivity contribution is 5.93. The molecule has 0 saturated carbocycles. The monoisotopic (exact) mass is 220 g/mol. The molecule has 0 radical (unpaired) electrons. The topological polar surface area (TPSA) is 55.1 Å². The fraction of sp³-hybridized carbons (Fsp3) is 0.0909. The fourth-order valence-corrected chi connectivity index (χ4v) is 1.23. The molecule has 2 heterocycles. The second kappa shape index (κ2) is 4.57. The smallest absolute Gasteiger partial charge is 0.256 e. The molecule has 0 bridgehead atoms. The molecule has 0 aromatic carbocycles. The average molecular weight is 220 g/mol. The van der Waals surface area contributed by atoms with Gasteiger partial charge in [0.1, 0.15) is 5.76 Å². The Morgan fingerprint density at radius 3 is 3.00 bits per heavy atom. The normalized spacial score (nSPS) is 10.1. The maximum Gasteiger partial charge on any atom is 0.256 e. The Bertz CT molecular complexity index is 482. The highest BCUT2D eigenvalue weighted by Crippen LogP contribution is 2.04. The third-order valence-corrected chi connectivity index (χ3v) is 2.01. The van der Waals surface area contributed by atoms with Crippen molar-refractivity contribution < 1.29 is 13.6 Å². The minimum Gasteiger partial charge on any atom is -0.467 e. The van der Waals surface area contributed by atoms with Gasteiger partial charge in [0.2, 0.25) is 5.95 Å². The molecule has 2 aromatic rings. The number of halogens is 1. The largest absolute Gasteiger partial charge is 0.467 e. The van der Waals surface area contributed by atoms with Gasteiger partial charge in [0.25, 0.3) is 5.91 Å². The van der Waals surface area contributed by atoms with E-state index in [0.717, 1.165) is 0 Å². The van der Waals surface area contributed by atoms with Gasteiger partial charge in [-0.25, -0.2) is 4.98 Å². The summed E-state index contributed by atoms with van der Waals surface area (Å²) in [7, 11) is 0. The van der Waals surface area contributed by atoms with Crippen molar-refractivity contribution in [3.63, 3.8) is 0 Å². The Morgan fingerprint density at radius 1 is 1.44 bits per heavy atom. The minimum absolute atomic E-state index is 0.0749. The first-order valence-electron chi connectivity index (χ1n) is 4.68. The lowest BCUT2D eigenvalue weighted by molar-refractivity contribution is 0.0943. The third kappa shape index (κ3) is 2.25. The van der Waals surface area contributed by atoms with Gasteiger partial charge in [0, 0.05) is 6.20 Å². The summed E-state index contributed by atoms with van der Waals surface area (Å²) in [5.41, 5.74) is -0.0749. The number of carbonyl (C=O) groups is 1. The molecule has 0 unspecified atom stereocenters. The van der Waals surface area contributed by atoms with Crippen molar-refractivity contribution in [1.82, 2.24) is 10.3 Å². The van der Waals surface area contributed by atoms with Gasteiger partial charge < -0.3 is 9.73 Å². The molecule has 0 atom stereocenters. The van der Waals surface area contributed by atoms with E-state index in [4.69, 9.17) is 4.42 Å². The molecular formula is C11H9FN2O2. The van der Waals surface area contributed by atoms with E-state index in [9.17, 15) is 9.18 Å².